The summed E-state index contributed by atoms with van der Waals surface area (Å²) in [6, 6.07) is 9.59. The largest absolute Gasteiger partial charge is 0.349 e. The molecule has 0 saturated heterocycles. The number of benzene rings is 1. The highest BCUT2D eigenvalue weighted by molar-refractivity contribution is 7.89. The van der Waals surface area contributed by atoms with Crippen LogP contribution in [0.3, 0.4) is 0 Å². The topological polar surface area (TPSA) is 42.3 Å². The van der Waals surface area contributed by atoms with Crippen molar-refractivity contribution in [3.05, 3.63) is 53.3 Å². The molecule has 1 aliphatic heterocycles. The van der Waals surface area contributed by atoms with Crippen LogP contribution in [-0.4, -0.2) is 23.8 Å². The summed E-state index contributed by atoms with van der Waals surface area (Å²) in [5.74, 6) is 0. The van der Waals surface area contributed by atoms with Gasteiger partial charge in [0.25, 0.3) is 0 Å². The van der Waals surface area contributed by atoms with Crippen molar-refractivity contribution in [2.24, 2.45) is 0 Å². The van der Waals surface area contributed by atoms with Crippen LogP contribution in [0, 0.1) is 0 Å². The van der Waals surface area contributed by atoms with Gasteiger partial charge in [-0.25, -0.2) is 8.42 Å². The van der Waals surface area contributed by atoms with Crippen LogP contribution in [0.5, 0.6) is 0 Å². The van der Waals surface area contributed by atoms with Crippen molar-refractivity contribution in [2.75, 3.05) is 6.54 Å². The molecule has 0 radical (unpaired) electrons. The SMILES string of the molecule is C[C@@H]1c2cccn2CCN1S(=O)(=O)c1ccc2c(c1)CCCC2. The summed E-state index contributed by atoms with van der Waals surface area (Å²) >= 11 is 0. The number of sulfonamides is 1. The molecule has 0 bridgehead atoms. The molecule has 0 spiro atoms. The average molecular weight is 330 g/mol. The van der Waals surface area contributed by atoms with Gasteiger partial charge in [-0.15, -0.1) is 0 Å². The Labute approximate surface area is 137 Å². The lowest BCUT2D eigenvalue weighted by Crippen LogP contribution is -2.40. The smallest absolute Gasteiger partial charge is 0.243 e. The molecular formula is C18H22N2O2S. The van der Waals surface area contributed by atoms with E-state index in [4.69, 9.17) is 0 Å². The van der Waals surface area contributed by atoms with Gasteiger partial charge in [0.15, 0.2) is 0 Å². The third-order valence-corrected chi connectivity index (χ3v) is 7.18. The Morgan fingerprint density at radius 1 is 1.04 bits per heavy atom. The van der Waals surface area contributed by atoms with Crippen LogP contribution in [0.1, 0.15) is 42.6 Å². The summed E-state index contributed by atoms with van der Waals surface area (Å²) in [4.78, 5) is 0.449. The molecule has 2 aromatic rings. The van der Waals surface area contributed by atoms with Crippen molar-refractivity contribution in [1.29, 1.82) is 0 Å². The Balaban J connectivity index is 1.71. The van der Waals surface area contributed by atoms with E-state index in [0.29, 0.717) is 11.4 Å². The van der Waals surface area contributed by atoms with E-state index in [0.717, 1.165) is 31.5 Å². The maximum atomic E-state index is 13.1. The molecule has 1 aliphatic carbocycles. The lowest BCUT2D eigenvalue weighted by atomic mass is 9.92. The predicted molar refractivity (Wildman–Crippen MR) is 89.8 cm³/mol. The van der Waals surface area contributed by atoms with E-state index in [-0.39, 0.29) is 6.04 Å². The Hall–Kier alpha value is -1.59. The zero-order valence-electron chi connectivity index (χ0n) is 13.4. The molecule has 2 aliphatic rings. The third-order valence-electron chi connectivity index (χ3n) is 5.21. The molecule has 0 unspecified atom stereocenters. The van der Waals surface area contributed by atoms with Crippen LogP contribution < -0.4 is 0 Å². The molecule has 0 amide bonds. The summed E-state index contributed by atoms with van der Waals surface area (Å²) in [5, 5.41) is 0. The van der Waals surface area contributed by atoms with Crippen LogP contribution in [0.2, 0.25) is 0 Å². The first-order valence-corrected chi connectivity index (χ1v) is 9.80. The Morgan fingerprint density at radius 2 is 1.83 bits per heavy atom. The van der Waals surface area contributed by atoms with Crippen molar-refractivity contribution in [3.8, 4) is 0 Å². The lowest BCUT2D eigenvalue weighted by molar-refractivity contribution is 0.282. The Morgan fingerprint density at radius 3 is 2.65 bits per heavy atom. The number of nitrogens with zero attached hydrogens (tertiary/aromatic N) is 2. The van der Waals surface area contributed by atoms with E-state index in [2.05, 4.69) is 4.57 Å². The number of fused-ring (bicyclic) bond motifs is 2. The van der Waals surface area contributed by atoms with Gasteiger partial charge in [-0.2, -0.15) is 4.31 Å². The van der Waals surface area contributed by atoms with E-state index >= 15 is 0 Å². The minimum absolute atomic E-state index is 0.125. The van der Waals surface area contributed by atoms with Crippen molar-refractivity contribution in [2.45, 2.75) is 50.1 Å². The van der Waals surface area contributed by atoms with Crippen molar-refractivity contribution < 1.29 is 8.42 Å². The molecule has 1 aromatic heterocycles. The average Bonchev–Trinajstić information content (AvgIpc) is 3.04. The number of aryl methyl sites for hydroxylation is 2. The number of aromatic nitrogens is 1. The highest BCUT2D eigenvalue weighted by Gasteiger charge is 2.34. The van der Waals surface area contributed by atoms with E-state index < -0.39 is 10.0 Å². The summed E-state index contributed by atoms with van der Waals surface area (Å²) < 4.78 is 30.1. The quantitative estimate of drug-likeness (QED) is 0.849. The first kappa shape index (κ1) is 15.0. The maximum Gasteiger partial charge on any atom is 0.243 e. The molecule has 23 heavy (non-hydrogen) atoms. The van der Waals surface area contributed by atoms with Crippen molar-refractivity contribution in [3.63, 3.8) is 0 Å². The highest BCUT2D eigenvalue weighted by atomic mass is 32.2. The fourth-order valence-corrected chi connectivity index (χ4v) is 5.54. The second-order valence-corrected chi connectivity index (χ2v) is 8.45. The minimum Gasteiger partial charge on any atom is -0.349 e. The molecule has 4 nitrogen and oxygen atoms in total. The van der Waals surface area contributed by atoms with Gasteiger partial charge in [0, 0.05) is 25.0 Å². The first-order chi connectivity index (χ1) is 11.1. The minimum atomic E-state index is -3.45. The molecule has 2 heterocycles. The summed E-state index contributed by atoms with van der Waals surface area (Å²) in [6.45, 7) is 3.22. The maximum absolute atomic E-state index is 13.1. The van der Waals surface area contributed by atoms with E-state index in [1.165, 1.54) is 17.5 Å². The zero-order chi connectivity index (χ0) is 16.0. The molecule has 4 rings (SSSR count). The molecule has 1 atom stereocenters. The number of hydrogen-bond donors (Lipinski definition) is 0. The standard InChI is InChI=1S/C18H22N2O2S/c1-14-18-7-4-10-19(18)11-12-20(14)23(21,22)17-9-8-15-5-2-3-6-16(15)13-17/h4,7-10,13-14H,2-3,5-6,11-12H2,1H3/t14-/m1/s1. The number of rotatable bonds is 2. The summed E-state index contributed by atoms with van der Waals surface area (Å²) in [5.41, 5.74) is 3.60. The fourth-order valence-electron chi connectivity index (χ4n) is 3.89. The van der Waals surface area contributed by atoms with Gasteiger partial charge in [0.2, 0.25) is 10.0 Å². The highest BCUT2D eigenvalue weighted by Crippen LogP contribution is 2.32. The third kappa shape index (κ3) is 2.42. The molecule has 0 fully saturated rings. The van der Waals surface area contributed by atoms with Gasteiger partial charge in [0.1, 0.15) is 0 Å². The van der Waals surface area contributed by atoms with Crippen molar-refractivity contribution >= 4 is 10.0 Å². The molecular weight excluding hydrogens is 308 g/mol. The van der Waals surface area contributed by atoms with Crippen LogP contribution >= 0.6 is 0 Å². The van der Waals surface area contributed by atoms with Crippen LogP contribution in [0.4, 0.5) is 0 Å². The molecule has 122 valence electrons. The Bertz CT molecular complexity index is 838. The van der Waals surface area contributed by atoms with Crippen LogP contribution in [-0.2, 0) is 29.4 Å². The van der Waals surface area contributed by atoms with E-state index in [1.807, 2.05) is 37.4 Å². The zero-order valence-corrected chi connectivity index (χ0v) is 14.2. The monoisotopic (exact) mass is 330 g/mol. The van der Waals surface area contributed by atoms with Crippen LogP contribution in [0.15, 0.2) is 41.4 Å². The summed E-state index contributed by atoms with van der Waals surface area (Å²) in [7, 11) is -3.45. The lowest BCUT2D eigenvalue weighted by Gasteiger charge is -2.34. The van der Waals surface area contributed by atoms with Gasteiger partial charge in [-0.1, -0.05) is 6.07 Å². The van der Waals surface area contributed by atoms with E-state index in [9.17, 15) is 8.42 Å². The molecule has 5 heteroatoms. The second-order valence-electron chi connectivity index (χ2n) is 6.56. The van der Waals surface area contributed by atoms with Crippen LogP contribution in [0.25, 0.3) is 0 Å². The molecule has 0 saturated carbocycles. The van der Waals surface area contributed by atoms with Gasteiger partial charge >= 0.3 is 0 Å². The predicted octanol–water partition coefficient (Wildman–Crippen LogP) is 3.13. The molecule has 0 N–H and O–H groups in total. The second kappa shape index (κ2) is 5.49. The number of hydrogen-bond acceptors (Lipinski definition) is 2. The first-order valence-electron chi connectivity index (χ1n) is 8.36. The Kier molecular flexibility index (Phi) is 3.58. The molecule has 1 aromatic carbocycles. The van der Waals surface area contributed by atoms with Gasteiger partial charge in [-0.05, 0) is 68.0 Å². The summed E-state index contributed by atoms with van der Waals surface area (Å²) in [6.07, 6.45) is 6.46. The van der Waals surface area contributed by atoms with Gasteiger partial charge in [-0.3, -0.25) is 0 Å². The van der Waals surface area contributed by atoms with Gasteiger partial charge < -0.3 is 4.57 Å². The van der Waals surface area contributed by atoms with Gasteiger partial charge in [0.05, 0.1) is 10.9 Å². The van der Waals surface area contributed by atoms with E-state index in [1.54, 1.807) is 10.4 Å². The normalized spacial score (nSPS) is 21.7. The van der Waals surface area contributed by atoms with Crippen molar-refractivity contribution in [1.82, 2.24) is 8.87 Å². The fraction of sp³-hybridized carbons (Fsp3) is 0.444.